The van der Waals surface area contributed by atoms with Crippen molar-refractivity contribution in [1.29, 1.82) is 0 Å². The van der Waals surface area contributed by atoms with Gasteiger partial charge in [-0.25, -0.2) is 0 Å². The standard InChI is InChI=1S/C26H24Cl3N3O3/c1-17(35-24-10-7-19(27)15-22(24)29)25(33)30-20-8-9-23(21(28)16-20)31-11-13-32(14-12-31)26(34)18-5-3-2-4-6-18/h2-10,15-17H,11-14H2,1H3,(H,30,33). The summed E-state index contributed by atoms with van der Waals surface area (Å²) in [6.45, 7) is 4.16. The zero-order chi connectivity index (χ0) is 24.9. The lowest BCUT2D eigenvalue weighted by atomic mass is 10.1. The van der Waals surface area contributed by atoms with Gasteiger partial charge in [0.2, 0.25) is 0 Å². The minimum absolute atomic E-state index is 0.0330. The third-order valence-corrected chi connectivity index (χ3v) is 6.54. The first-order chi connectivity index (χ1) is 16.8. The minimum Gasteiger partial charge on any atom is -0.479 e. The van der Waals surface area contributed by atoms with Crippen LogP contribution in [0, 0.1) is 0 Å². The SMILES string of the molecule is CC(Oc1ccc(Cl)cc1Cl)C(=O)Nc1ccc(N2CCN(C(=O)c3ccccc3)CC2)c(Cl)c1. The lowest BCUT2D eigenvalue weighted by molar-refractivity contribution is -0.122. The fourth-order valence-corrected chi connectivity index (χ4v) is 4.57. The van der Waals surface area contributed by atoms with E-state index < -0.39 is 6.10 Å². The van der Waals surface area contributed by atoms with E-state index in [9.17, 15) is 9.59 Å². The van der Waals surface area contributed by atoms with E-state index in [-0.39, 0.29) is 11.8 Å². The molecule has 182 valence electrons. The molecule has 1 N–H and O–H groups in total. The first-order valence-corrected chi connectivity index (χ1v) is 12.3. The molecule has 2 amide bonds. The summed E-state index contributed by atoms with van der Waals surface area (Å²) in [5.41, 5.74) is 2.10. The molecule has 3 aromatic carbocycles. The Kier molecular flexibility index (Phi) is 8.06. The maximum absolute atomic E-state index is 12.7. The Balaban J connectivity index is 1.34. The van der Waals surface area contributed by atoms with Crippen molar-refractivity contribution in [3.05, 3.63) is 87.4 Å². The van der Waals surface area contributed by atoms with Crippen LogP contribution in [-0.2, 0) is 4.79 Å². The van der Waals surface area contributed by atoms with Crippen LogP contribution in [0.4, 0.5) is 11.4 Å². The predicted molar refractivity (Wildman–Crippen MR) is 141 cm³/mol. The van der Waals surface area contributed by atoms with E-state index in [4.69, 9.17) is 39.5 Å². The zero-order valence-electron chi connectivity index (χ0n) is 19.0. The molecule has 1 atom stereocenters. The smallest absolute Gasteiger partial charge is 0.265 e. The second kappa shape index (κ2) is 11.2. The maximum atomic E-state index is 12.7. The van der Waals surface area contributed by atoms with Crippen LogP contribution in [0.5, 0.6) is 5.75 Å². The van der Waals surface area contributed by atoms with Crippen LogP contribution in [0.1, 0.15) is 17.3 Å². The van der Waals surface area contributed by atoms with Gasteiger partial charge in [0.1, 0.15) is 5.75 Å². The van der Waals surface area contributed by atoms with Crippen LogP contribution in [0.3, 0.4) is 0 Å². The minimum atomic E-state index is -0.789. The summed E-state index contributed by atoms with van der Waals surface area (Å²) >= 11 is 18.6. The lowest BCUT2D eigenvalue weighted by Crippen LogP contribution is -2.48. The molecular weight excluding hydrogens is 509 g/mol. The molecule has 4 rings (SSSR count). The predicted octanol–water partition coefficient (Wildman–Crippen LogP) is 6.02. The molecule has 1 saturated heterocycles. The summed E-state index contributed by atoms with van der Waals surface area (Å²) in [5, 5.41) is 4.14. The second-order valence-electron chi connectivity index (χ2n) is 8.14. The van der Waals surface area contributed by atoms with E-state index in [1.165, 1.54) is 0 Å². The van der Waals surface area contributed by atoms with Gasteiger partial charge in [-0.15, -0.1) is 0 Å². The number of ether oxygens (including phenoxy) is 1. The topological polar surface area (TPSA) is 61.9 Å². The van der Waals surface area contributed by atoms with E-state index in [0.717, 1.165) is 5.69 Å². The van der Waals surface area contributed by atoms with Gasteiger partial charge >= 0.3 is 0 Å². The third kappa shape index (κ3) is 6.20. The van der Waals surface area contributed by atoms with E-state index in [1.54, 1.807) is 37.3 Å². The summed E-state index contributed by atoms with van der Waals surface area (Å²) in [5.74, 6) is 0.0653. The number of anilines is 2. The molecule has 1 aliphatic heterocycles. The van der Waals surface area contributed by atoms with Crippen LogP contribution in [0.2, 0.25) is 15.1 Å². The van der Waals surface area contributed by atoms with Crippen molar-refractivity contribution in [2.24, 2.45) is 0 Å². The second-order valence-corrected chi connectivity index (χ2v) is 9.39. The van der Waals surface area contributed by atoms with Gasteiger partial charge in [-0.2, -0.15) is 0 Å². The number of hydrogen-bond acceptors (Lipinski definition) is 4. The number of halogens is 3. The molecule has 0 spiro atoms. The Labute approximate surface area is 219 Å². The molecule has 0 saturated carbocycles. The molecule has 1 aliphatic rings. The van der Waals surface area contributed by atoms with Gasteiger partial charge < -0.3 is 19.9 Å². The highest BCUT2D eigenvalue weighted by atomic mass is 35.5. The quantitative estimate of drug-likeness (QED) is 0.422. The largest absolute Gasteiger partial charge is 0.479 e. The molecule has 1 heterocycles. The number of hydrogen-bond donors (Lipinski definition) is 1. The Morgan fingerprint density at radius 2 is 1.60 bits per heavy atom. The Bertz CT molecular complexity index is 1210. The fraction of sp³-hybridized carbons (Fsp3) is 0.231. The summed E-state index contributed by atoms with van der Waals surface area (Å²) in [6, 6.07) is 19.5. The maximum Gasteiger partial charge on any atom is 0.265 e. The van der Waals surface area contributed by atoms with Crippen LogP contribution in [-0.4, -0.2) is 49.0 Å². The molecule has 0 aromatic heterocycles. The average Bonchev–Trinajstić information content (AvgIpc) is 2.86. The Morgan fingerprint density at radius 3 is 2.26 bits per heavy atom. The average molecular weight is 533 g/mol. The normalized spacial score (nSPS) is 14.4. The summed E-state index contributed by atoms with van der Waals surface area (Å²) in [4.78, 5) is 29.3. The number of rotatable bonds is 6. The van der Waals surface area contributed by atoms with Crippen molar-refractivity contribution in [2.45, 2.75) is 13.0 Å². The van der Waals surface area contributed by atoms with Crippen LogP contribution < -0.4 is 15.0 Å². The molecule has 0 aliphatic carbocycles. The highest BCUT2D eigenvalue weighted by Crippen LogP contribution is 2.31. The third-order valence-electron chi connectivity index (χ3n) is 5.71. The summed E-state index contributed by atoms with van der Waals surface area (Å²) < 4.78 is 5.67. The molecular formula is C26H24Cl3N3O3. The molecule has 3 aromatic rings. The number of piperazine rings is 1. The van der Waals surface area contributed by atoms with Crippen LogP contribution in [0.25, 0.3) is 0 Å². The zero-order valence-corrected chi connectivity index (χ0v) is 21.3. The van der Waals surface area contributed by atoms with Gasteiger partial charge in [-0.3, -0.25) is 9.59 Å². The first kappa shape index (κ1) is 25.2. The van der Waals surface area contributed by atoms with Crippen LogP contribution >= 0.6 is 34.8 Å². The van der Waals surface area contributed by atoms with Crippen molar-refractivity contribution < 1.29 is 14.3 Å². The van der Waals surface area contributed by atoms with Gasteiger partial charge in [0.15, 0.2) is 6.10 Å². The molecule has 0 radical (unpaired) electrons. The van der Waals surface area contributed by atoms with E-state index in [0.29, 0.717) is 58.2 Å². The van der Waals surface area contributed by atoms with Crippen molar-refractivity contribution >= 4 is 58.0 Å². The van der Waals surface area contributed by atoms with Gasteiger partial charge in [0.05, 0.1) is 15.7 Å². The molecule has 1 fully saturated rings. The number of nitrogens with one attached hydrogen (secondary N) is 1. The van der Waals surface area contributed by atoms with Crippen LogP contribution in [0.15, 0.2) is 66.7 Å². The summed E-state index contributed by atoms with van der Waals surface area (Å²) in [7, 11) is 0. The van der Waals surface area contributed by atoms with Crippen molar-refractivity contribution in [2.75, 3.05) is 36.4 Å². The monoisotopic (exact) mass is 531 g/mol. The molecule has 6 nitrogen and oxygen atoms in total. The highest BCUT2D eigenvalue weighted by Gasteiger charge is 2.24. The number of carbonyl (C=O) groups excluding carboxylic acids is 2. The molecule has 9 heteroatoms. The number of nitrogens with zero attached hydrogens (tertiary/aromatic N) is 2. The Morgan fingerprint density at radius 1 is 0.886 bits per heavy atom. The van der Waals surface area contributed by atoms with Gasteiger partial charge in [-0.05, 0) is 55.5 Å². The van der Waals surface area contributed by atoms with Gasteiger partial charge in [-0.1, -0.05) is 53.0 Å². The van der Waals surface area contributed by atoms with Gasteiger partial charge in [0, 0.05) is 42.5 Å². The Hall–Kier alpha value is -2.93. The van der Waals surface area contributed by atoms with Gasteiger partial charge in [0.25, 0.3) is 11.8 Å². The molecule has 1 unspecified atom stereocenters. The van der Waals surface area contributed by atoms with Crippen molar-refractivity contribution in [3.8, 4) is 5.75 Å². The van der Waals surface area contributed by atoms with Crippen molar-refractivity contribution in [3.63, 3.8) is 0 Å². The lowest BCUT2D eigenvalue weighted by Gasteiger charge is -2.36. The van der Waals surface area contributed by atoms with E-state index >= 15 is 0 Å². The first-order valence-electron chi connectivity index (χ1n) is 11.1. The van der Waals surface area contributed by atoms with Crippen molar-refractivity contribution in [1.82, 2.24) is 4.90 Å². The molecule has 35 heavy (non-hydrogen) atoms. The fourth-order valence-electron chi connectivity index (χ4n) is 3.81. The summed E-state index contributed by atoms with van der Waals surface area (Å²) in [6.07, 6.45) is -0.789. The van der Waals surface area contributed by atoms with E-state index in [2.05, 4.69) is 10.2 Å². The number of benzene rings is 3. The number of carbonyl (C=O) groups is 2. The molecule has 0 bridgehead atoms. The highest BCUT2D eigenvalue weighted by molar-refractivity contribution is 6.35. The number of amides is 2. The van der Waals surface area contributed by atoms with E-state index in [1.807, 2.05) is 41.3 Å².